The van der Waals surface area contributed by atoms with Crippen molar-refractivity contribution in [2.75, 3.05) is 64.7 Å². The fourth-order valence-corrected chi connectivity index (χ4v) is 8.39. The standard InChI is InChI=1S/C39H44F4N8O5/c1-3-25-16-27(47-34-35-46-19-30(49(35)14-11-45-34)29-6-7-31(56-38(42)43)33(41)32(29)40)4-5-28(25)37(53)48-12-8-26(9-13-48)36(52)50(39(54)55)20-23-10-15-51(2,21-23)22-24-17-44-18-24/h4-7,11,14,16,19,23-24,26,38,44H,3,8-10,12-13,15,17-18,20-22H2,1-2H3,(H-,45,47,53,54,55)/p+1. The van der Waals surface area contributed by atoms with Crippen LogP contribution >= 0.6 is 0 Å². The molecule has 0 saturated carbocycles. The molecule has 0 radical (unpaired) electrons. The number of imide groups is 1. The Hall–Kier alpha value is -5.29. The number of imidazole rings is 1. The van der Waals surface area contributed by atoms with E-state index in [0.717, 1.165) is 66.2 Å². The second-order valence-electron chi connectivity index (χ2n) is 15.3. The Bertz CT molecular complexity index is 2120. The van der Waals surface area contributed by atoms with Crippen LogP contribution in [-0.4, -0.2) is 118 Å². The summed E-state index contributed by atoms with van der Waals surface area (Å²) in [6.07, 6.45) is 5.16. The van der Waals surface area contributed by atoms with Crippen LogP contribution in [0.3, 0.4) is 0 Å². The van der Waals surface area contributed by atoms with Crippen molar-refractivity contribution in [3.63, 3.8) is 0 Å². The first kappa shape index (κ1) is 39.0. The summed E-state index contributed by atoms with van der Waals surface area (Å²) in [6.45, 7) is 4.38. The maximum Gasteiger partial charge on any atom is 0.414 e. The van der Waals surface area contributed by atoms with Gasteiger partial charge in [0.25, 0.3) is 5.91 Å². The molecule has 4 aromatic rings. The lowest BCUT2D eigenvalue weighted by atomic mass is 9.93. The molecule has 3 aliphatic rings. The van der Waals surface area contributed by atoms with E-state index in [9.17, 15) is 37.1 Å². The van der Waals surface area contributed by atoms with Gasteiger partial charge >= 0.3 is 12.7 Å². The smallest absolute Gasteiger partial charge is 0.414 e. The minimum absolute atomic E-state index is 0.124. The predicted molar refractivity (Wildman–Crippen MR) is 198 cm³/mol. The number of alkyl halides is 2. The van der Waals surface area contributed by atoms with Crippen molar-refractivity contribution in [2.24, 2.45) is 17.8 Å². The number of carbonyl (C=O) groups is 3. The van der Waals surface area contributed by atoms with Crippen LogP contribution in [0.1, 0.15) is 42.1 Å². The minimum Gasteiger partial charge on any atom is -0.465 e. The summed E-state index contributed by atoms with van der Waals surface area (Å²) in [5.74, 6) is -3.84. The molecule has 13 nitrogen and oxygen atoms in total. The number of aryl methyl sites for hydroxylation is 1. The number of ether oxygens (including phenoxy) is 1. The zero-order valence-electron chi connectivity index (χ0n) is 31.2. The SMILES string of the molecule is CCc1cc(Nc2nccn3c(-c4ccc(OC(F)F)c(F)c4F)cnc23)ccc1C(=O)N1CCC(C(=O)N(CC2CC[N+](C)(CC3CNC3)C2)C(=O)O)CC1. The molecule has 3 aliphatic heterocycles. The first-order chi connectivity index (χ1) is 26.8. The third-order valence-electron chi connectivity index (χ3n) is 11.4. The topological polar surface area (TPSA) is 141 Å². The highest BCUT2D eigenvalue weighted by molar-refractivity contribution is 5.97. The second-order valence-corrected chi connectivity index (χ2v) is 15.3. The number of aromatic nitrogens is 3. The fourth-order valence-electron chi connectivity index (χ4n) is 8.39. The molecule has 7 rings (SSSR count). The number of likely N-dealkylation sites (tertiary alicyclic amines) is 2. The van der Waals surface area contributed by atoms with E-state index in [1.807, 2.05) is 13.0 Å². The van der Waals surface area contributed by atoms with Crippen LogP contribution in [0.4, 0.5) is 33.9 Å². The average molecular weight is 782 g/mol. The van der Waals surface area contributed by atoms with Gasteiger partial charge in [0.1, 0.15) is 0 Å². The lowest BCUT2D eigenvalue weighted by Crippen LogP contribution is -2.54. The number of amides is 3. The molecule has 2 unspecified atom stereocenters. The summed E-state index contributed by atoms with van der Waals surface area (Å²) in [5, 5.41) is 16.5. The van der Waals surface area contributed by atoms with Gasteiger partial charge < -0.3 is 29.9 Å². The normalized spacial score (nSPS) is 20.3. The van der Waals surface area contributed by atoms with E-state index >= 15 is 0 Å². The lowest BCUT2D eigenvalue weighted by Gasteiger charge is -2.37. The summed E-state index contributed by atoms with van der Waals surface area (Å²) >= 11 is 0. The highest BCUT2D eigenvalue weighted by Gasteiger charge is 2.41. The van der Waals surface area contributed by atoms with Crippen LogP contribution in [-0.2, 0) is 11.2 Å². The van der Waals surface area contributed by atoms with Gasteiger partial charge in [-0.25, -0.2) is 24.1 Å². The van der Waals surface area contributed by atoms with E-state index in [1.54, 1.807) is 17.0 Å². The maximum absolute atomic E-state index is 15.0. The van der Waals surface area contributed by atoms with Gasteiger partial charge in [0.05, 0.1) is 38.6 Å². The Kier molecular flexibility index (Phi) is 11.2. The number of benzene rings is 2. The number of fused-ring (bicyclic) bond motifs is 1. The van der Waals surface area contributed by atoms with Gasteiger partial charge in [-0.2, -0.15) is 13.2 Å². The van der Waals surface area contributed by atoms with Crippen molar-refractivity contribution in [3.05, 3.63) is 71.7 Å². The molecule has 17 heteroatoms. The number of anilines is 2. The van der Waals surface area contributed by atoms with Gasteiger partial charge in [-0.1, -0.05) is 6.92 Å². The summed E-state index contributed by atoms with van der Waals surface area (Å²) in [4.78, 5) is 51.0. The number of quaternary nitrogens is 1. The molecule has 3 fully saturated rings. The van der Waals surface area contributed by atoms with Crippen molar-refractivity contribution >= 4 is 35.1 Å². The van der Waals surface area contributed by atoms with E-state index in [1.165, 1.54) is 23.0 Å². The Labute approximate surface area is 320 Å². The zero-order valence-corrected chi connectivity index (χ0v) is 31.2. The number of nitrogens with zero attached hydrogens (tertiary/aromatic N) is 6. The molecule has 3 saturated heterocycles. The van der Waals surface area contributed by atoms with Crippen LogP contribution in [0.15, 0.2) is 48.9 Å². The lowest BCUT2D eigenvalue weighted by molar-refractivity contribution is -0.902. The molecule has 3 N–H and O–H groups in total. The Morgan fingerprint density at radius 3 is 2.52 bits per heavy atom. The van der Waals surface area contributed by atoms with Crippen LogP contribution in [0.5, 0.6) is 5.75 Å². The minimum atomic E-state index is -3.32. The third-order valence-corrected chi connectivity index (χ3v) is 11.4. The summed E-state index contributed by atoms with van der Waals surface area (Å²) in [6, 6.07) is 7.29. The number of carboxylic acid groups (broad SMARTS) is 1. The first-order valence-corrected chi connectivity index (χ1v) is 18.9. The van der Waals surface area contributed by atoms with Gasteiger partial charge in [-0.3, -0.25) is 14.0 Å². The molecular weight excluding hydrogens is 736 g/mol. The van der Waals surface area contributed by atoms with Crippen LogP contribution in [0.25, 0.3) is 16.9 Å². The Morgan fingerprint density at radius 2 is 1.84 bits per heavy atom. The molecule has 298 valence electrons. The number of carbonyl (C=O) groups excluding carboxylic acids is 2. The number of rotatable bonds is 12. The highest BCUT2D eigenvalue weighted by atomic mass is 19.3. The molecule has 0 bridgehead atoms. The van der Waals surface area contributed by atoms with Crippen molar-refractivity contribution < 1.29 is 46.3 Å². The Morgan fingerprint density at radius 1 is 1.07 bits per heavy atom. The Balaban J connectivity index is 0.986. The number of hydrogen-bond donors (Lipinski definition) is 3. The monoisotopic (exact) mass is 781 g/mol. The van der Waals surface area contributed by atoms with Gasteiger partial charge in [0.15, 0.2) is 23.0 Å². The van der Waals surface area contributed by atoms with Crippen LogP contribution in [0.2, 0.25) is 0 Å². The molecule has 0 spiro atoms. The van der Waals surface area contributed by atoms with Crippen molar-refractivity contribution in [1.82, 2.24) is 29.5 Å². The fraction of sp³-hybridized carbons (Fsp3) is 0.462. The molecule has 2 atom stereocenters. The first-order valence-electron chi connectivity index (χ1n) is 18.9. The molecule has 2 aromatic heterocycles. The highest BCUT2D eigenvalue weighted by Crippen LogP contribution is 2.33. The molecule has 0 aliphatic carbocycles. The van der Waals surface area contributed by atoms with Gasteiger partial charge in [-0.05, 0) is 55.2 Å². The summed E-state index contributed by atoms with van der Waals surface area (Å²) in [5.41, 5.74) is 2.05. The van der Waals surface area contributed by atoms with Crippen LogP contribution < -0.4 is 15.4 Å². The summed E-state index contributed by atoms with van der Waals surface area (Å²) in [7, 11) is 2.22. The number of piperidine rings is 1. The quantitative estimate of drug-likeness (QED) is 0.123. The van der Waals surface area contributed by atoms with Crippen molar-refractivity contribution in [1.29, 1.82) is 0 Å². The number of halogens is 4. The predicted octanol–water partition coefficient (Wildman–Crippen LogP) is 5.63. The van der Waals surface area contributed by atoms with E-state index in [4.69, 9.17) is 0 Å². The largest absolute Gasteiger partial charge is 0.465 e. The zero-order chi connectivity index (χ0) is 39.7. The number of hydrogen-bond acceptors (Lipinski definition) is 8. The van der Waals surface area contributed by atoms with E-state index < -0.39 is 36.0 Å². The number of nitrogens with one attached hydrogen (secondary N) is 2. The molecular formula is C39H45F4N8O5+. The average Bonchev–Trinajstić information content (AvgIpc) is 3.77. The molecule has 56 heavy (non-hydrogen) atoms. The maximum atomic E-state index is 15.0. The van der Waals surface area contributed by atoms with E-state index in [-0.39, 0.29) is 47.0 Å². The molecule has 5 heterocycles. The van der Waals surface area contributed by atoms with Crippen molar-refractivity contribution in [2.45, 2.75) is 39.2 Å². The van der Waals surface area contributed by atoms with Gasteiger partial charge in [-0.15, -0.1) is 0 Å². The van der Waals surface area contributed by atoms with Crippen LogP contribution in [0, 0.1) is 29.4 Å². The molecule has 2 aromatic carbocycles. The van der Waals surface area contributed by atoms with Gasteiger partial charge in [0, 0.05) is 86.1 Å². The summed E-state index contributed by atoms with van der Waals surface area (Å²) < 4.78 is 61.2. The molecule has 3 amide bonds. The van der Waals surface area contributed by atoms with Crippen molar-refractivity contribution in [3.8, 4) is 17.0 Å². The van der Waals surface area contributed by atoms with E-state index in [0.29, 0.717) is 49.5 Å². The second kappa shape index (κ2) is 16.1. The van der Waals surface area contributed by atoms with Gasteiger partial charge in [0.2, 0.25) is 11.7 Å². The third kappa shape index (κ3) is 8.00. The van der Waals surface area contributed by atoms with E-state index in [2.05, 4.69) is 32.4 Å².